The lowest BCUT2D eigenvalue weighted by Gasteiger charge is -2.58. The molecule has 4 bridgehead atoms. The van der Waals surface area contributed by atoms with Gasteiger partial charge in [0.25, 0.3) is 0 Å². The molecule has 1 N–H and O–H groups in total. The molecule has 4 saturated carbocycles. The molecule has 1 heterocycles. The minimum absolute atomic E-state index is 0.320. The van der Waals surface area contributed by atoms with Gasteiger partial charge in [0.1, 0.15) is 0 Å². The molecule has 1 unspecified atom stereocenters. The molecule has 5 fully saturated rings. The van der Waals surface area contributed by atoms with Gasteiger partial charge in [-0.15, -0.1) is 0 Å². The molecule has 0 radical (unpaired) electrons. The Morgan fingerprint density at radius 1 is 1.10 bits per heavy atom. The molecule has 3 nitrogen and oxygen atoms in total. The highest BCUT2D eigenvalue weighted by atomic mass is 16.4. The number of rotatable bonds is 4. The Balaban J connectivity index is 1.46. The first-order chi connectivity index (χ1) is 9.62. The zero-order valence-electron chi connectivity index (χ0n) is 12.4. The van der Waals surface area contributed by atoms with Crippen molar-refractivity contribution < 1.29 is 9.90 Å². The van der Waals surface area contributed by atoms with Gasteiger partial charge < -0.3 is 5.11 Å². The van der Waals surface area contributed by atoms with E-state index >= 15 is 0 Å². The van der Waals surface area contributed by atoms with Gasteiger partial charge in [-0.2, -0.15) is 0 Å². The number of carbonyl (C=O) groups is 1. The van der Waals surface area contributed by atoms with Crippen LogP contribution in [0.1, 0.15) is 57.8 Å². The summed E-state index contributed by atoms with van der Waals surface area (Å²) >= 11 is 0. The monoisotopic (exact) mass is 277 g/mol. The van der Waals surface area contributed by atoms with Gasteiger partial charge in [0.15, 0.2) is 0 Å². The van der Waals surface area contributed by atoms with Gasteiger partial charge in [0, 0.05) is 12.6 Å². The van der Waals surface area contributed by atoms with Crippen molar-refractivity contribution in [1.29, 1.82) is 0 Å². The number of hydrogen-bond donors (Lipinski definition) is 1. The van der Waals surface area contributed by atoms with Gasteiger partial charge in [-0.3, -0.25) is 9.69 Å². The van der Waals surface area contributed by atoms with Crippen LogP contribution in [-0.2, 0) is 4.79 Å². The van der Waals surface area contributed by atoms with E-state index in [1.54, 1.807) is 0 Å². The Morgan fingerprint density at radius 3 is 2.25 bits per heavy atom. The van der Waals surface area contributed by atoms with Crippen molar-refractivity contribution in [3.05, 3.63) is 0 Å². The van der Waals surface area contributed by atoms with E-state index in [0.29, 0.717) is 17.9 Å². The zero-order valence-corrected chi connectivity index (χ0v) is 12.4. The summed E-state index contributed by atoms with van der Waals surface area (Å²) in [5.41, 5.74) is 0.565. The van der Waals surface area contributed by atoms with E-state index in [1.165, 1.54) is 51.5 Å². The van der Waals surface area contributed by atoms with E-state index in [9.17, 15) is 4.79 Å². The highest BCUT2D eigenvalue weighted by molar-refractivity contribution is 5.67. The van der Waals surface area contributed by atoms with Crippen molar-refractivity contribution in [3.8, 4) is 0 Å². The molecule has 0 aromatic carbocycles. The standard InChI is InChI=1S/C17H27NO2/c19-16(20)7-15-2-1-3-18(15)11-17-8-12-4-13(9-17)6-14(5-12)10-17/h12-15H,1-11H2,(H,19,20). The molecule has 3 heteroatoms. The van der Waals surface area contributed by atoms with Crippen molar-refractivity contribution >= 4 is 5.97 Å². The van der Waals surface area contributed by atoms with Crippen LogP contribution in [0.25, 0.3) is 0 Å². The van der Waals surface area contributed by atoms with Crippen molar-refractivity contribution in [2.24, 2.45) is 23.2 Å². The van der Waals surface area contributed by atoms with E-state index < -0.39 is 5.97 Å². The average molecular weight is 277 g/mol. The highest BCUT2D eigenvalue weighted by Crippen LogP contribution is 2.60. The number of carboxylic acid groups (broad SMARTS) is 1. The maximum absolute atomic E-state index is 11.0. The molecule has 0 aromatic heterocycles. The average Bonchev–Trinajstić information content (AvgIpc) is 2.73. The molecule has 1 atom stereocenters. The maximum atomic E-state index is 11.0. The number of carboxylic acids is 1. The molecule has 4 aliphatic carbocycles. The molecule has 1 saturated heterocycles. The van der Waals surface area contributed by atoms with E-state index in [0.717, 1.165) is 30.7 Å². The van der Waals surface area contributed by atoms with E-state index in [1.807, 2.05) is 0 Å². The summed E-state index contributed by atoms with van der Waals surface area (Å²) in [5, 5.41) is 9.09. The summed E-state index contributed by atoms with van der Waals surface area (Å²) < 4.78 is 0. The van der Waals surface area contributed by atoms with Crippen LogP contribution in [0.15, 0.2) is 0 Å². The number of aliphatic carboxylic acids is 1. The van der Waals surface area contributed by atoms with Crippen molar-refractivity contribution in [1.82, 2.24) is 4.90 Å². The van der Waals surface area contributed by atoms with Crippen LogP contribution < -0.4 is 0 Å². The molecule has 112 valence electrons. The summed E-state index contributed by atoms with van der Waals surface area (Å²) in [4.78, 5) is 13.6. The Kier molecular flexibility index (Phi) is 3.10. The molecule has 5 aliphatic rings. The molecule has 0 amide bonds. The summed E-state index contributed by atoms with van der Waals surface area (Å²) in [5.74, 6) is 2.39. The van der Waals surface area contributed by atoms with Crippen LogP contribution in [0, 0.1) is 23.2 Å². The Morgan fingerprint density at radius 2 is 1.70 bits per heavy atom. The lowest BCUT2D eigenvalue weighted by atomic mass is 9.49. The first-order valence-corrected chi connectivity index (χ1v) is 8.58. The topological polar surface area (TPSA) is 40.5 Å². The highest BCUT2D eigenvalue weighted by Gasteiger charge is 2.51. The predicted octanol–water partition coefficient (Wildman–Crippen LogP) is 3.14. The zero-order chi connectivity index (χ0) is 13.7. The van der Waals surface area contributed by atoms with Gasteiger partial charge in [0.2, 0.25) is 0 Å². The second-order valence-corrected chi connectivity index (χ2v) is 8.28. The fraction of sp³-hybridized carbons (Fsp3) is 0.941. The minimum atomic E-state index is -0.618. The quantitative estimate of drug-likeness (QED) is 0.858. The third kappa shape index (κ3) is 2.28. The normalized spacial score (nSPS) is 47.0. The van der Waals surface area contributed by atoms with E-state index in [2.05, 4.69) is 4.90 Å². The fourth-order valence-corrected chi connectivity index (χ4v) is 6.45. The van der Waals surface area contributed by atoms with E-state index in [4.69, 9.17) is 5.11 Å². The SMILES string of the molecule is O=C(O)CC1CCCN1CC12CC3CC(CC(C3)C1)C2. The summed E-state index contributed by atoms with van der Waals surface area (Å²) in [6.07, 6.45) is 11.5. The van der Waals surface area contributed by atoms with E-state index in [-0.39, 0.29) is 0 Å². The van der Waals surface area contributed by atoms with Crippen LogP contribution in [-0.4, -0.2) is 35.1 Å². The molecule has 5 rings (SSSR count). The third-order valence-corrected chi connectivity index (χ3v) is 6.61. The van der Waals surface area contributed by atoms with Crippen LogP contribution in [0.5, 0.6) is 0 Å². The lowest BCUT2D eigenvalue weighted by Crippen LogP contribution is -2.52. The fourth-order valence-electron chi connectivity index (χ4n) is 6.45. The maximum Gasteiger partial charge on any atom is 0.304 e. The summed E-state index contributed by atoms with van der Waals surface area (Å²) in [6, 6.07) is 0.320. The van der Waals surface area contributed by atoms with Gasteiger partial charge in [-0.05, 0) is 81.1 Å². The Hall–Kier alpha value is -0.570. The molecule has 1 aliphatic heterocycles. The van der Waals surface area contributed by atoms with Crippen molar-refractivity contribution in [2.75, 3.05) is 13.1 Å². The lowest BCUT2D eigenvalue weighted by molar-refractivity contribution is -0.138. The van der Waals surface area contributed by atoms with Gasteiger partial charge >= 0.3 is 5.97 Å². The summed E-state index contributed by atoms with van der Waals surface area (Å²) in [7, 11) is 0. The Labute approximate surface area is 121 Å². The summed E-state index contributed by atoms with van der Waals surface area (Å²) in [6.45, 7) is 2.34. The number of hydrogen-bond acceptors (Lipinski definition) is 2. The second kappa shape index (κ2) is 4.72. The largest absolute Gasteiger partial charge is 0.481 e. The molecular formula is C17H27NO2. The third-order valence-electron chi connectivity index (χ3n) is 6.61. The predicted molar refractivity (Wildman–Crippen MR) is 77.5 cm³/mol. The number of likely N-dealkylation sites (tertiary alicyclic amines) is 1. The molecule has 0 aromatic rings. The molecule has 20 heavy (non-hydrogen) atoms. The van der Waals surface area contributed by atoms with Gasteiger partial charge in [-0.25, -0.2) is 0 Å². The van der Waals surface area contributed by atoms with Gasteiger partial charge in [-0.1, -0.05) is 0 Å². The first-order valence-electron chi connectivity index (χ1n) is 8.58. The van der Waals surface area contributed by atoms with Crippen molar-refractivity contribution in [3.63, 3.8) is 0 Å². The Bertz CT molecular complexity index is 371. The first kappa shape index (κ1) is 13.1. The van der Waals surface area contributed by atoms with Crippen LogP contribution in [0.2, 0.25) is 0 Å². The van der Waals surface area contributed by atoms with Gasteiger partial charge in [0.05, 0.1) is 6.42 Å². The van der Waals surface area contributed by atoms with Crippen LogP contribution in [0.4, 0.5) is 0 Å². The minimum Gasteiger partial charge on any atom is -0.481 e. The number of nitrogens with zero attached hydrogens (tertiary/aromatic N) is 1. The van der Waals surface area contributed by atoms with Crippen LogP contribution >= 0.6 is 0 Å². The van der Waals surface area contributed by atoms with Crippen molar-refractivity contribution in [2.45, 2.75) is 63.8 Å². The molecule has 0 spiro atoms. The van der Waals surface area contributed by atoms with Crippen LogP contribution in [0.3, 0.4) is 0 Å². The molecular weight excluding hydrogens is 250 g/mol. The second-order valence-electron chi connectivity index (χ2n) is 8.28. The smallest absolute Gasteiger partial charge is 0.304 e.